The van der Waals surface area contributed by atoms with Gasteiger partial charge in [0.1, 0.15) is 11.8 Å². The van der Waals surface area contributed by atoms with Gasteiger partial charge in [-0.1, -0.05) is 41.4 Å². The van der Waals surface area contributed by atoms with Gasteiger partial charge in [0, 0.05) is 27.4 Å². The molecule has 0 aliphatic carbocycles. The molecular formula is C17H19Cl2N2O+. The molecule has 2 aromatic rings. The predicted octanol–water partition coefficient (Wildman–Crippen LogP) is 3.00. The Balaban J connectivity index is 2.18. The van der Waals surface area contributed by atoms with Crippen LogP contribution in [0.3, 0.4) is 0 Å². The molecule has 0 saturated heterocycles. The summed E-state index contributed by atoms with van der Waals surface area (Å²) in [5.74, 6) is 0.166. The van der Waals surface area contributed by atoms with Crippen molar-refractivity contribution >= 4 is 29.4 Å². The van der Waals surface area contributed by atoms with Crippen molar-refractivity contribution in [3.8, 4) is 5.75 Å². The van der Waals surface area contributed by atoms with Crippen LogP contribution in [0.15, 0.2) is 47.5 Å². The lowest BCUT2D eigenvalue weighted by Gasteiger charge is -2.21. The van der Waals surface area contributed by atoms with Crippen LogP contribution < -0.4 is 4.90 Å². The Morgan fingerprint density at radius 3 is 2.59 bits per heavy atom. The summed E-state index contributed by atoms with van der Waals surface area (Å²) in [5, 5.41) is 11.1. The molecule has 0 fully saturated rings. The first-order valence-electron chi connectivity index (χ1n) is 7.02. The van der Waals surface area contributed by atoms with Gasteiger partial charge in [-0.15, -0.1) is 0 Å². The highest BCUT2D eigenvalue weighted by atomic mass is 35.5. The molecule has 0 saturated carbocycles. The second-order valence-corrected chi connectivity index (χ2v) is 6.19. The van der Waals surface area contributed by atoms with Crippen LogP contribution in [-0.2, 0) is 0 Å². The third-order valence-electron chi connectivity index (χ3n) is 3.49. The van der Waals surface area contributed by atoms with Gasteiger partial charge >= 0.3 is 0 Å². The van der Waals surface area contributed by atoms with E-state index in [2.05, 4.69) is 19.1 Å². The van der Waals surface area contributed by atoms with E-state index in [0.717, 1.165) is 10.6 Å². The molecule has 2 N–H and O–H groups in total. The van der Waals surface area contributed by atoms with E-state index < -0.39 is 0 Å². The van der Waals surface area contributed by atoms with Gasteiger partial charge in [-0.05, 0) is 24.3 Å². The average Bonchev–Trinajstić information content (AvgIpc) is 2.48. The van der Waals surface area contributed by atoms with Gasteiger partial charge in [0.05, 0.1) is 20.6 Å². The van der Waals surface area contributed by atoms with Crippen LogP contribution in [-0.4, -0.2) is 32.0 Å². The van der Waals surface area contributed by atoms with Crippen molar-refractivity contribution in [2.24, 2.45) is 4.99 Å². The molecule has 5 heteroatoms. The Hall–Kier alpha value is -1.55. The van der Waals surface area contributed by atoms with Crippen molar-refractivity contribution in [3.05, 3.63) is 63.6 Å². The van der Waals surface area contributed by atoms with E-state index in [1.807, 2.05) is 24.3 Å². The monoisotopic (exact) mass is 337 g/mol. The van der Waals surface area contributed by atoms with E-state index in [0.29, 0.717) is 17.1 Å². The summed E-state index contributed by atoms with van der Waals surface area (Å²) in [6, 6.07) is 12.8. The molecule has 2 aromatic carbocycles. The molecule has 3 nitrogen and oxygen atoms in total. The fourth-order valence-electron chi connectivity index (χ4n) is 2.23. The number of nitrogens with one attached hydrogen (secondary N) is 1. The molecule has 0 spiro atoms. The number of aromatic hydroxyl groups is 1. The number of phenolic OH excluding ortho intramolecular Hbond substituents is 1. The summed E-state index contributed by atoms with van der Waals surface area (Å²) in [6.45, 7) is 0.567. The van der Waals surface area contributed by atoms with Crippen molar-refractivity contribution in [2.45, 2.75) is 6.04 Å². The lowest BCUT2D eigenvalue weighted by molar-refractivity contribution is -0.890. The number of aliphatic imine (C=N–C) groups is 1. The molecule has 0 amide bonds. The van der Waals surface area contributed by atoms with E-state index in [9.17, 15) is 5.11 Å². The normalized spacial score (nSPS) is 13.0. The van der Waals surface area contributed by atoms with Crippen molar-refractivity contribution in [3.63, 3.8) is 0 Å². The molecule has 0 aliphatic rings. The third-order valence-corrected chi connectivity index (χ3v) is 4.06. The van der Waals surface area contributed by atoms with Gasteiger partial charge in [-0.2, -0.15) is 0 Å². The van der Waals surface area contributed by atoms with E-state index in [-0.39, 0.29) is 11.8 Å². The first-order valence-corrected chi connectivity index (χ1v) is 7.77. The van der Waals surface area contributed by atoms with E-state index >= 15 is 0 Å². The van der Waals surface area contributed by atoms with Crippen LogP contribution in [0, 0.1) is 0 Å². The number of halogens is 2. The molecule has 0 radical (unpaired) electrons. The topological polar surface area (TPSA) is 37.0 Å². The average molecular weight is 338 g/mol. The Bertz CT molecular complexity index is 671. The van der Waals surface area contributed by atoms with Gasteiger partial charge in [0.2, 0.25) is 0 Å². The minimum absolute atomic E-state index is 0.145. The van der Waals surface area contributed by atoms with E-state index in [1.165, 1.54) is 4.90 Å². The largest absolute Gasteiger partial charge is 0.507 e. The molecule has 0 heterocycles. The van der Waals surface area contributed by atoms with Crippen molar-refractivity contribution in [1.82, 2.24) is 0 Å². The van der Waals surface area contributed by atoms with Crippen LogP contribution in [0.4, 0.5) is 0 Å². The molecule has 0 bridgehead atoms. The first-order chi connectivity index (χ1) is 10.5. The number of quaternary nitrogens is 1. The summed E-state index contributed by atoms with van der Waals surface area (Å²) < 4.78 is 0. The summed E-state index contributed by atoms with van der Waals surface area (Å²) in [6.07, 6.45) is 1.65. The Labute approximate surface area is 140 Å². The lowest BCUT2D eigenvalue weighted by atomic mass is 10.1. The highest BCUT2D eigenvalue weighted by Gasteiger charge is 2.19. The number of nitrogens with zero attached hydrogens (tertiary/aromatic N) is 1. The van der Waals surface area contributed by atoms with Crippen LogP contribution in [0.2, 0.25) is 10.0 Å². The number of phenols is 1. The molecule has 0 unspecified atom stereocenters. The molecule has 116 valence electrons. The van der Waals surface area contributed by atoms with E-state index in [4.69, 9.17) is 23.2 Å². The molecule has 22 heavy (non-hydrogen) atoms. The molecule has 0 aromatic heterocycles. The van der Waals surface area contributed by atoms with Crippen LogP contribution in [0.5, 0.6) is 5.75 Å². The van der Waals surface area contributed by atoms with Crippen molar-refractivity contribution in [2.75, 3.05) is 20.6 Å². The second kappa shape index (κ2) is 7.63. The smallest absolute Gasteiger partial charge is 0.134 e. The summed E-state index contributed by atoms with van der Waals surface area (Å²) in [7, 11) is 4.14. The molecular weight excluding hydrogens is 319 g/mol. The zero-order valence-electron chi connectivity index (χ0n) is 12.6. The quantitative estimate of drug-likeness (QED) is 0.808. The maximum absolute atomic E-state index is 9.79. The van der Waals surface area contributed by atoms with E-state index in [1.54, 1.807) is 24.4 Å². The number of benzene rings is 2. The molecule has 1 atom stereocenters. The highest BCUT2D eigenvalue weighted by molar-refractivity contribution is 6.31. The zero-order valence-corrected chi connectivity index (χ0v) is 14.1. The fraction of sp³-hybridized carbons (Fsp3) is 0.235. The molecule has 2 rings (SSSR count). The van der Waals surface area contributed by atoms with Gasteiger partial charge in [0.15, 0.2) is 0 Å². The van der Waals surface area contributed by atoms with Crippen LogP contribution in [0.1, 0.15) is 17.2 Å². The summed E-state index contributed by atoms with van der Waals surface area (Å²) >= 11 is 12.2. The maximum Gasteiger partial charge on any atom is 0.134 e. The van der Waals surface area contributed by atoms with Gasteiger partial charge in [-0.3, -0.25) is 4.99 Å². The minimum atomic E-state index is 0.145. The predicted molar refractivity (Wildman–Crippen MR) is 92.6 cm³/mol. The Morgan fingerprint density at radius 1 is 1.18 bits per heavy atom. The summed E-state index contributed by atoms with van der Waals surface area (Å²) in [4.78, 5) is 5.70. The first kappa shape index (κ1) is 16.8. The third kappa shape index (κ3) is 4.23. The highest BCUT2D eigenvalue weighted by Crippen LogP contribution is 2.22. The number of likely N-dealkylation sites (N-methyl/N-ethyl adjacent to an activating group) is 1. The maximum atomic E-state index is 9.79. The van der Waals surface area contributed by atoms with Gasteiger partial charge in [0.25, 0.3) is 0 Å². The zero-order chi connectivity index (χ0) is 16.1. The van der Waals surface area contributed by atoms with Gasteiger partial charge in [-0.25, -0.2) is 0 Å². The van der Waals surface area contributed by atoms with Crippen molar-refractivity contribution in [1.29, 1.82) is 0 Å². The Morgan fingerprint density at radius 2 is 1.91 bits per heavy atom. The number of rotatable bonds is 5. The minimum Gasteiger partial charge on any atom is -0.507 e. The Kier molecular flexibility index (Phi) is 5.83. The lowest BCUT2D eigenvalue weighted by Crippen LogP contribution is -3.06. The fourth-order valence-corrected chi connectivity index (χ4v) is 2.68. The van der Waals surface area contributed by atoms with Crippen LogP contribution in [0.25, 0.3) is 0 Å². The van der Waals surface area contributed by atoms with Crippen molar-refractivity contribution < 1.29 is 10.0 Å². The number of hydrogen-bond acceptors (Lipinski definition) is 2. The summed E-state index contributed by atoms with van der Waals surface area (Å²) in [5.41, 5.74) is 1.68. The van der Waals surface area contributed by atoms with Gasteiger partial charge < -0.3 is 10.0 Å². The standard InChI is InChI=1S/C17H18Cl2N2O/c1-21(2)16(14-5-3-4-6-15(14)19)11-20-10-12-9-13(18)7-8-17(12)22/h3-10,16,22H,11H2,1-2H3/p+1/t16-/m0/s1. The van der Waals surface area contributed by atoms with Crippen LogP contribution >= 0.6 is 23.2 Å². The second-order valence-electron chi connectivity index (χ2n) is 5.35. The number of hydrogen-bond donors (Lipinski definition) is 2. The molecule has 0 aliphatic heterocycles. The SMILES string of the molecule is C[NH+](C)[C@@H](CN=Cc1cc(Cl)ccc1O)c1ccccc1Cl.